The highest BCUT2D eigenvalue weighted by Gasteiger charge is 2.17. The van der Waals surface area contributed by atoms with Gasteiger partial charge in [0.1, 0.15) is 0 Å². The van der Waals surface area contributed by atoms with Crippen LogP contribution in [0.25, 0.3) is 0 Å². The molecule has 1 heterocycles. The molecule has 1 atom stereocenters. The standard InChI is InChI=1S/C13H19NO/c1-2-13(15)11-7-3-4-8-12(11)14-9-5-6-10-14/h3-4,7-8,13,15H,2,5-6,9-10H2,1H3/t13-/m0/s1. The number of aliphatic hydroxyl groups excluding tert-OH is 1. The molecule has 1 fully saturated rings. The molecule has 1 aromatic rings. The summed E-state index contributed by atoms with van der Waals surface area (Å²) in [7, 11) is 0. The lowest BCUT2D eigenvalue weighted by Gasteiger charge is -2.23. The SMILES string of the molecule is CC[C@H](O)c1ccccc1N1CCCC1. The molecule has 2 heteroatoms. The Kier molecular flexibility index (Phi) is 3.27. The van der Waals surface area contributed by atoms with Crippen LogP contribution in [0, 0.1) is 0 Å². The van der Waals surface area contributed by atoms with Crippen molar-refractivity contribution in [2.75, 3.05) is 18.0 Å². The monoisotopic (exact) mass is 205 g/mol. The van der Waals surface area contributed by atoms with Gasteiger partial charge < -0.3 is 10.0 Å². The van der Waals surface area contributed by atoms with Crippen molar-refractivity contribution in [2.24, 2.45) is 0 Å². The molecule has 1 aliphatic heterocycles. The fourth-order valence-corrected chi connectivity index (χ4v) is 2.24. The predicted octanol–water partition coefficient (Wildman–Crippen LogP) is 2.73. The Hall–Kier alpha value is -1.02. The number of hydrogen-bond acceptors (Lipinski definition) is 2. The van der Waals surface area contributed by atoms with E-state index in [2.05, 4.69) is 17.0 Å². The second kappa shape index (κ2) is 4.67. The minimum atomic E-state index is -0.318. The van der Waals surface area contributed by atoms with Gasteiger partial charge in [-0.15, -0.1) is 0 Å². The molecule has 0 amide bonds. The Labute approximate surface area is 91.5 Å². The topological polar surface area (TPSA) is 23.5 Å². The number of hydrogen-bond donors (Lipinski definition) is 1. The van der Waals surface area contributed by atoms with Crippen LogP contribution in [-0.4, -0.2) is 18.2 Å². The third-order valence-electron chi connectivity index (χ3n) is 3.13. The van der Waals surface area contributed by atoms with Crippen LogP contribution in [0.2, 0.25) is 0 Å². The average molecular weight is 205 g/mol. The summed E-state index contributed by atoms with van der Waals surface area (Å²) < 4.78 is 0. The van der Waals surface area contributed by atoms with Crippen molar-refractivity contribution in [2.45, 2.75) is 32.3 Å². The molecule has 2 nitrogen and oxygen atoms in total. The number of nitrogens with zero attached hydrogens (tertiary/aromatic N) is 1. The van der Waals surface area contributed by atoms with Gasteiger partial charge in [0.05, 0.1) is 6.10 Å². The minimum absolute atomic E-state index is 0.318. The van der Waals surface area contributed by atoms with E-state index in [1.54, 1.807) is 0 Å². The Morgan fingerprint density at radius 2 is 1.93 bits per heavy atom. The van der Waals surface area contributed by atoms with Crippen molar-refractivity contribution in [1.29, 1.82) is 0 Å². The normalized spacial score (nSPS) is 18.1. The molecule has 0 unspecified atom stereocenters. The highest BCUT2D eigenvalue weighted by atomic mass is 16.3. The molecule has 1 saturated heterocycles. The fourth-order valence-electron chi connectivity index (χ4n) is 2.24. The zero-order valence-electron chi connectivity index (χ0n) is 9.32. The minimum Gasteiger partial charge on any atom is -0.388 e. The summed E-state index contributed by atoms with van der Waals surface area (Å²) in [5, 5.41) is 9.94. The first kappa shape index (κ1) is 10.5. The van der Waals surface area contributed by atoms with Gasteiger partial charge in [0.15, 0.2) is 0 Å². The van der Waals surface area contributed by atoms with E-state index < -0.39 is 0 Å². The molecule has 2 rings (SSSR count). The van der Waals surface area contributed by atoms with E-state index in [-0.39, 0.29) is 6.10 Å². The summed E-state index contributed by atoms with van der Waals surface area (Å²) in [6.07, 6.45) is 3.01. The molecule has 15 heavy (non-hydrogen) atoms. The van der Waals surface area contributed by atoms with Crippen molar-refractivity contribution in [3.8, 4) is 0 Å². The van der Waals surface area contributed by atoms with Gasteiger partial charge >= 0.3 is 0 Å². The van der Waals surface area contributed by atoms with Crippen LogP contribution in [0.4, 0.5) is 5.69 Å². The van der Waals surface area contributed by atoms with E-state index in [1.165, 1.54) is 18.5 Å². The van der Waals surface area contributed by atoms with Crippen molar-refractivity contribution in [3.05, 3.63) is 29.8 Å². The van der Waals surface area contributed by atoms with E-state index in [1.807, 2.05) is 19.1 Å². The van der Waals surface area contributed by atoms with E-state index >= 15 is 0 Å². The van der Waals surface area contributed by atoms with Crippen LogP contribution in [0.1, 0.15) is 37.9 Å². The quantitative estimate of drug-likeness (QED) is 0.820. The largest absolute Gasteiger partial charge is 0.388 e. The Bertz CT molecular complexity index is 318. The zero-order chi connectivity index (χ0) is 10.7. The maximum atomic E-state index is 9.94. The predicted molar refractivity (Wildman–Crippen MR) is 63.1 cm³/mol. The van der Waals surface area contributed by atoms with Crippen LogP contribution in [-0.2, 0) is 0 Å². The van der Waals surface area contributed by atoms with E-state index in [9.17, 15) is 5.11 Å². The number of para-hydroxylation sites is 1. The van der Waals surface area contributed by atoms with Gasteiger partial charge in [-0.1, -0.05) is 25.1 Å². The molecule has 1 aliphatic rings. The molecule has 0 aromatic heterocycles. The van der Waals surface area contributed by atoms with Gasteiger partial charge in [-0.25, -0.2) is 0 Å². The number of rotatable bonds is 3. The second-order valence-corrected chi connectivity index (χ2v) is 4.18. The summed E-state index contributed by atoms with van der Waals surface area (Å²) in [4.78, 5) is 2.38. The molecule has 0 radical (unpaired) electrons. The fraction of sp³-hybridized carbons (Fsp3) is 0.538. The van der Waals surface area contributed by atoms with Gasteiger partial charge in [-0.3, -0.25) is 0 Å². The summed E-state index contributed by atoms with van der Waals surface area (Å²) in [5.74, 6) is 0. The van der Waals surface area contributed by atoms with Crippen LogP contribution < -0.4 is 4.90 Å². The first-order valence-corrected chi connectivity index (χ1v) is 5.85. The van der Waals surface area contributed by atoms with Crippen molar-refractivity contribution in [1.82, 2.24) is 0 Å². The second-order valence-electron chi connectivity index (χ2n) is 4.18. The third-order valence-corrected chi connectivity index (χ3v) is 3.13. The molecular weight excluding hydrogens is 186 g/mol. The lowest BCUT2D eigenvalue weighted by atomic mass is 10.0. The van der Waals surface area contributed by atoms with Crippen LogP contribution >= 0.6 is 0 Å². The number of aliphatic hydroxyl groups is 1. The first-order chi connectivity index (χ1) is 7.33. The first-order valence-electron chi connectivity index (χ1n) is 5.85. The van der Waals surface area contributed by atoms with Crippen LogP contribution in [0.5, 0.6) is 0 Å². The molecular formula is C13H19NO. The van der Waals surface area contributed by atoms with Crippen molar-refractivity contribution < 1.29 is 5.11 Å². The Morgan fingerprint density at radius 3 is 2.60 bits per heavy atom. The molecule has 0 saturated carbocycles. The van der Waals surface area contributed by atoms with E-state index in [4.69, 9.17) is 0 Å². The summed E-state index contributed by atoms with van der Waals surface area (Å²) in [5.41, 5.74) is 2.31. The van der Waals surface area contributed by atoms with Gasteiger partial charge in [0, 0.05) is 24.3 Å². The summed E-state index contributed by atoms with van der Waals surface area (Å²) in [6.45, 7) is 4.28. The van der Waals surface area contributed by atoms with Crippen molar-refractivity contribution >= 4 is 5.69 Å². The zero-order valence-corrected chi connectivity index (χ0v) is 9.32. The molecule has 0 bridgehead atoms. The van der Waals surface area contributed by atoms with Crippen LogP contribution in [0.3, 0.4) is 0 Å². The smallest absolute Gasteiger partial charge is 0.0807 e. The highest BCUT2D eigenvalue weighted by Crippen LogP contribution is 2.30. The molecule has 1 N–H and O–H groups in total. The lowest BCUT2D eigenvalue weighted by Crippen LogP contribution is -2.20. The van der Waals surface area contributed by atoms with E-state index in [0.29, 0.717) is 0 Å². The van der Waals surface area contributed by atoms with Gasteiger partial charge in [-0.2, -0.15) is 0 Å². The Morgan fingerprint density at radius 1 is 1.27 bits per heavy atom. The van der Waals surface area contributed by atoms with Gasteiger partial charge in [0.25, 0.3) is 0 Å². The third kappa shape index (κ3) is 2.15. The average Bonchev–Trinajstić information content (AvgIpc) is 2.81. The van der Waals surface area contributed by atoms with E-state index in [0.717, 1.165) is 25.1 Å². The highest BCUT2D eigenvalue weighted by molar-refractivity contribution is 5.55. The molecule has 1 aromatic carbocycles. The molecule has 0 spiro atoms. The maximum Gasteiger partial charge on any atom is 0.0807 e. The summed E-state index contributed by atoms with van der Waals surface area (Å²) >= 11 is 0. The Balaban J connectivity index is 2.28. The number of anilines is 1. The van der Waals surface area contributed by atoms with Gasteiger partial charge in [-0.05, 0) is 25.3 Å². The summed E-state index contributed by atoms with van der Waals surface area (Å²) in [6, 6.07) is 8.23. The molecule has 0 aliphatic carbocycles. The van der Waals surface area contributed by atoms with Crippen LogP contribution in [0.15, 0.2) is 24.3 Å². The molecule has 82 valence electrons. The van der Waals surface area contributed by atoms with Gasteiger partial charge in [0.2, 0.25) is 0 Å². The number of benzene rings is 1. The maximum absolute atomic E-state index is 9.94. The lowest BCUT2D eigenvalue weighted by molar-refractivity contribution is 0.174. The van der Waals surface area contributed by atoms with Crippen molar-refractivity contribution in [3.63, 3.8) is 0 Å².